The van der Waals surface area contributed by atoms with E-state index in [1.165, 1.54) is 11.6 Å². The number of nitrogens with one attached hydrogen (secondary N) is 1. The maximum Gasteiger partial charge on any atom is 0.288 e. The number of amides is 1. The number of nitrogens with zero attached hydrogens (tertiary/aromatic N) is 3. The van der Waals surface area contributed by atoms with Gasteiger partial charge in [-0.05, 0) is 12.5 Å². The SMILES string of the molecule is Cc1ncc([N+](=O)[O-])cc1C(=O)NC[C@@H]1CN(Cc2ccccc2)CCO1. The zero-order valence-corrected chi connectivity index (χ0v) is 15.1. The van der Waals surface area contributed by atoms with Crippen LogP contribution in [-0.4, -0.2) is 53.1 Å². The minimum absolute atomic E-state index is 0.127. The fourth-order valence-electron chi connectivity index (χ4n) is 3.04. The highest BCUT2D eigenvalue weighted by molar-refractivity contribution is 5.95. The molecule has 1 N–H and O–H groups in total. The van der Waals surface area contributed by atoms with Gasteiger partial charge in [-0.25, -0.2) is 0 Å². The van der Waals surface area contributed by atoms with E-state index in [4.69, 9.17) is 4.74 Å². The van der Waals surface area contributed by atoms with E-state index in [1.54, 1.807) is 6.92 Å². The zero-order valence-electron chi connectivity index (χ0n) is 15.1. The Balaban J connectivity index is 1.55. The molecule has 8 nitrogen and oxygen atoms in total. The summed E-state index contributed by atoms with van der Waals surface area (Å²) in [5.41, 5.74) is 1.70. The van der Waals surface area contributed by atoms with Crippen molar-refractivity contribution in [2.45, 2.75) is 19.6 Å². The number of morpholine rings is 1. The number of hydrogen-bond acceptors (Lipinski definition) is 6. The molecule has 27 heavy (non-hydrogen) atoms. The molecule has 1 amide bonds. The van der Waals surface area contributed by atoms with Crippen LogP contribution >= 0.6 is 0 Å². The summed E-state index contributed by atoms with van der Waals surface area (Å²) in [6.45, 7) is 4.98. The normalized spacial score (nSPS) is 17.4. The van der Waals surface area contributed by atoms with Crippen molar-refractivity contribution in [2.24, 2.45) is 0 Å². The summed E-state index contributed by atoms with van der Waals surface area (Å²) in [4.78, 5) is 29.0. The number of aromatic nitrogens is 1. The molecular weight excluding hydrogens is 348 g/mol. The monoisotopic (exact) mass is 370 g/mol. The predicted molar refractivity (Wildman–Crippen MR) is 99.4 cm³/mol. The van der Waals surface area contributed by atoms with Gasteiger partial charge in [-0.3, -0.25) is 24.8 Å². The molecule has 1 aliphatic rings. The quantitative estimate of drug-likeness (QED) is 0.616. The molecule has 1 atom stereocenters. The molecule has 1 aromatic heterocycles. The third-order valence-electron chi connectivity index (χ3n) is 4.49. The van der Waals surface area contributed by atoms with Gasteiger partial charge in [-0.15, -0.1) is 0 Å². The molecule has 1 aliphatic heterocycles. The van der Waals surface area contributed by atoms with Crippen molar-refractivity contribution < 1.29 is 14.5 Å². The maximum absolute atomic E-state index is 12.4. The summed E-state index contributed by atoms with van der Waals surface area (Å²) in [7, 11) is 0. The second-order valence-electron chi connectivity index (χ2n) is 6.51. The molecule has 2 heterocycles. The first-order valence-electron chi connectivity index (χ1n) is 8.80. The van der Waals surface area contributed by atoms with Crippen molar-refractivity contribution >= 4 is 11.6 Å². The lowest BCUT2D eigenvalue weighted by molar-refractivity contribution is -0.385. The van der Waals surface area contributed by atoms with Crippen molar-refractivity contribution in [1.82, 2.24) is 15.2 Å². The largest absolute Gasteiger partial charge is 0.374 e. The number of carbonyl (C=O) groups is 1. The van der Waals surface area contributed by atoms with E-state index in [1.807, 2.05) is 18.2 Å². The van der Waals surface area contributed by atoms with Crippen LogP contribution in [0.25, 0.3) is 0 Å². The van der Waals surface area contributed by atoms with Crippen molar-refractivity contribution in [2.75, 3.05) is 26.2 Å². The molecule has 0 unspecified atom stereocenters. The molecule has 2 aromatic rings. The number of ether oxygens (including phenoxy) is 1. The number of aryl methyl sites for hydroxylation is 1. The second-order valence-corrected chi connectivity index (χ2v) is 6.51. The number of carbonyl (C=O) groups excluding carboxylic acids is 1. The number of hydrogen-bond donors (Lipinski definition) is 1. The van der Waals surface area contributed by atoms with Gasteiger partial charge in [-0.1, -0.05) is 30.3 Å². The summed E-state index contributed by atoms with van der Waals surface area (Å²) in [5, 5.41) is 13.7. The first kappa shape index (κ1) is 18.9. The van der Waals surface area contributed by atoms with Crippen LogP contribution in [0.4, 0.5) is 5.69 Å². The van der Waals surface area contributed by atoms with Crippen LogP contribution in [0.15, 0.2) is 42.6 Å². The minimum Gasteiger partial charge on any atom is -0.374 e. The molecule has 1 saturated heterocycles. The summed E-state index contributed by atoms with van der Waals surface area (Å²) < 4.78 is 5.74. The van der Waals surface area contributed by atoms with Crippen LogP contribution in [-0.2, 0) is 11.3 Å². The summed E-state index contributed by atoms with van der Waals surface area (Å²) in [6.07, 6.45) is 1.02. The molecule has 8 heteroatoms. The van der Waals surface area contributed by atoms with Crippen LogP contribution in [0.3, 0.4) is 0 Å². The standard InChI is InChI=1S/C19H22N4O4/c1-14-18(9-16(10-20-14)23(25)26)19(24)21-11-17-13-22(7-8-27-17)12-15-5-3-2-4-6-15/h2-6,9-10,17H,7-8,11-13H2,1H3,(H,21,24)/t17-/m1/s1. The van der Waals surface area contributed by atoms with Crippen LogP contribution in [0.1, 0.15) is 21.6 Å². The predicted octanol–water partition coefficient (Wildman–Crippen LogP) is 1.93. The fraction of sp³-hybridized carbons (Fsp3) is 0.368. The van der Waals surface area contributed by atoms with E-state index in [0.717, 1.165) is 19.3 Å². The van der Waals surface area contributed by atoms with Crippen molar-refractivity contribution in [3.8, 4) is 0 Å². The van der Waals surface area contributed by atoms with Gasteiger partial charge >= 0.3 is 0 Å². The Kier molecular flexibility index (Phi) is 6.10. The topological polar surface area (TPSA) is 97.6 Å². The Morgan fingerprint density at radius 1 is 1.41 bits per heavy atom. The van der Waals surface area contributed by atoms with Gasteiger partial charge in [0.05, 0.1) is 28.9 Å². The molecule has 0 spiro atoms. The van der Waals surface area contributed by atoms with E-state index in [2.05, 4.69) is 27.3 Å². The highest BCUT2D eigenvalue weighted by Gasteiger charge is 2.22. The Morgan fingerprint density at radius 3 is 2.93 bits per heavy atom. The maximum atomic E-state index is 12.4. The van der Waals surface area contributed by atoms with Gasteiger partial charge in [0.1, 0.15) is 6.20 Å². The lowest BCUT2D eigenvalue weighted by atomic mass is 10.1. The molecule has 142 valence electrons. The van der Waals surface area contributed by atoms with Gasteiger partial charge < -0.3 is 10.1 Å². The molecule has 1 fully saturated rings. The third-order valence-corrected chi connectivity index (χ3v) is 4.49. The first-order valence-corrected chi connectivity index (χ1v) is 8.80. The Bertz CT molecular complexity index is 813. The Hall–Kier alpha value is -2.84. The molecule has 3 rings (SSSR count). The number of rotatable bonds is 6. The summed E-state index contributed by atoms with van der Waals surface area (Å²) >= 11 is 0. The molecule has 1 aromatic carbocycles. The van der Waals surface area contributed by atoms with Crippen molar-refractivity contribution in [3.05, 3.63) is 69.5 Å². The lowest BCUT2D eigenvalue weighted by Gasteiger charge is -2.33. The second kappa shape index (κ2) is 8.70. The van der Waals surface area contributed by atoms with E-state index >= 15 is 0 Å². The summed E-state index contributed by atoms with van der Waals surface area (Å²) in [5.74, 6) is -0.382. The van der Waals surface area contributed by atoms with Gasteiger partial charge in [0.25, 0.3) is 11.6 Å². The average molecular weight is 370 g/mol. The van der Waals surface area contributed by atoms with Crippen LogP contribution in [0, 0.1) is 17.0 Å². The highest BCUT2D eigenvalue weighted by atomic mass is 16.6. The number of nitro groups is 1. The van der Waals surface area contributed by atoms with Crippen LogP contribution < -0.4 is 5.32 Å². The van der Waals surface area contributed by atoms with E-state index in [0.29, 0.717) is 25.4 Å². The molecule has 0 bridgehead atoms. The van der Waals surface area contributed by atoms with E-state index < -0.39 is 4.92 Å². The minimum atomic E-state index is -0.561. The number of benzene rings is 1. The van der Waals surface area contributed by atoms with Crippen molar-refractivity contribution in [3.63, 3.8) is 0 Å². The van der Waals surface area contributed by atoms with E-state index in [9.17, 15) is 14.9 Å². The van der Waals surface area contributed by atoms with E-state index in [-0.39, 0.29) is 23.3 Å². The van der Waals surface area contributed by atoms with Gasteiger partial charge in [0, 0.05) is 32.2 Å². The zero-order chi connectivity index (χ0) is 19.2. The smallest absolute Gasteiger partial charge is 0.288 e. The summed E-state index contributed by atoms with van der Waals surface area (Å²) in [6, 6.07) is 11.5. The Morgan fingerprint density at radius 2 is 2.19 bits per heavy atom. The van der Waals surface area contributed by atoms with Crippen LogP contribution in [0.2, 0.25) is 0 Å². The van der Waals surface area contributed by atoms with Gasteiger partial charge in [0.15, 0.2) is 0 Å². The molecular formula is C19H22N4O4. The molecule has 0 aliphatic carbocycles. The first-order chi connectivity index (χ1) is 13.0. The third kappa shape index (κ3) is 5.08. The fourth-order valence-corrected chi connectivity index (χ4v) is 3.04. The van der Waals surface area contributed by atoms with Gasteiger partial charge in [0.2, 0.25) is 0 Å². The highest BCUT2D eigenvalue weighted by Crippen LogP contribution is 2.15. The van der Waals surface area contributed by atoms with Crippen molar-refractivity contribution in [1.29, 1.82) is 0 Å². The number of pyridine rings is 1. The Labute approximate surface area is 157 Å². The van der Waals surface area contributed by atoms with Gasteiger partial charge in [-0.2, -0.15) is 0 Å². The van der Waals surface area contributed by atoms with Crippen LogP contribution in [0.5, 0.6) is 0 Å². The lowest BCUT2D eigenvalue weighted by Crippen LogP contribution is -2.47. The molecule has 0 saturated carbocycles. The molecule has 0 radical (unpaired) electrons. The average Bonchev–Trinajstić information content (AvgIpc) is 2.67.